The Bertz CT molecular complexity index is 918. The standard InChI is InChI=1S/C19H17Cl2N3O4/c20-14-2-1-3-15(18(14)21)23-16(25)10-28-13-6-4-12(5-7-13)24-9-11(19(22)27)8-17(24)26/h1-7,11H,8-10H2,(H2,22,27)(H,23,25). The van der Waals surface area contributed by atoms with Gasteiger partial charge < -0.3 is 20.7 Å². The topological polar surface area (TPSA) is 102 Å². The highest BCUT2D eigenvalue weighted by molar-refractivity contribution is 6.44. The van der Waals surface area contributed by atoms with Crippen LogP contribution >= 0.6 is 23.2 Å². The predicted octanol–water partition coefficient (Wildman–Crippen LogP) is 2.85. The van der Waals surface area contributed by atoms with Crippen LogP contribution in [-0.2, 0) is 14.4 Å². The van der Waals surface area contributed by atoms with Crippen LogP contribution in [0.5, 0.6) is 5.75 Å². The van der Waals surface area contributed by atoms with Gasteiger partial charge in [-0.15, -0.1) is 0 Å². The zero-order valence-corrected chi connectivity index (χ0v) is 16.2. The van der Waals surface area contributed by atoms with Crippen LogP contribution in [0.1, 0.15) is 6.42 Å². The number of ether oxygens (including phenoxy) is 1. The minimum absolute atomic E-state index is 0.111. The molecule has 7 nitrogen and oxygen atoms in total. The van der Waals surface area contributed by atoms with Gasteiger partial charge in [-0.1, -0.05) is 29.3 Å². The van der Waals surface area contributed by atoms with E-state index in [1.54, 1.807) is 42.5 Å². The van der Waals surface area contributed by atoms with Crippen LogP contribution in [-0.4, -0.2) is 30.9 Å². The lowest BCUT2D eigenvalue weighted by molar-refractivity contribution is -0.123. The Morgan fingerprint density at radius 3 is 2.54 bits per heavy atom. The lowest BCUT2D eigenvalue weighted by Crippen LogP contribution is -2.28. The second-order valence-electron chi connectivity index (χ2n) is 6.24. The predicted molar refractivity (Wildman–Crippen MR) is 107 cm³/mol. The van der Waals surface area contributed by atoms with Crippen LogP contribution < -0.4 is 20.7 Å². The molecule has 0 aromatic heterocycles. The number of anilines is 2. The summed E-state index contributed by atoms with van der Waals surface area (Å²) in [6.45, 7) is 0.0335. The summed E-state index contributed by atoms with van der Waals surface area (Å²) in [5.74, 6) is -1.07. The van der Waals surface area contributed by atoms with E-state index in [0.29, 0.717) is 22.1 Å². The normalized spacial score (nSPS) is 16.1. The van der Waals surface area contributed by atoms with Gasteiger partial charge in [0.25, 0.3) is 5.91 Å². The number of nitrogens with zero attached hydrogens (tertiary/aromatic N) is 1. The molecular formula is C19H17Cl2N3O4. The zero-order valence-electron chi connectivity index (χ0n) is 14.7. The number of nitrogens with one attached hydrogen (secondary N) is 1. The van der Waals surface area contributed by atoms with Gasteiger partial charge in [0.15, 0.2) is 6.61 Å². The number of primary amides is 1. The van der Waals surface area contributed by atoms with E-state index in [1.165, 1.54) is 4.90 Å². The van der Waals surface area contributed by atoms with Crippen molar-refractivity contribution in [3.63, 3.8) is 0 Å². The molecule has 0 radical (unpaired) electrons. The van der Waals surface area contributed by atoms with Crippen LogP contribution in [0.4, 0.5) is 11.4 Å². The summed E-state index contributed by atoms with van der Waals surface area (Å²) in [7, 11) is 0. The molecule has 0 bridgehead atoms. The van der Waals surface area contributed by atoms with Gasteiger partial charge in [-0.2, -0.15) is 0 Å². The molecule has 3 N–H and O–H groups in total. The molecule has 0 saturated carbocycles. The molecule has 146 valence electrons. The van der Waals surface area contributed by atoms with Gasteiger partial charge in [-0.3, -0.25) is 14.4 Å². The Morgan fingerprint density at radius 1 is 1.18 bits per heavy atom. The van der Waals surface area contributed by atoms with Crippen molar-refractivity contribution < 1.29 is 19.1 Å². The monoisotopic (exact) mass is 421 g/mol. The Balaban J connectivity index is 1.56. The number of halogens is 2. The summed E-state index contributed by atoms with van der Waals surface area (Å²) in [6.07, 6.45) is 0.111. The van der Waals surface area contributed by atoms with Crippen LogP contribution in [0.25, 0.3) is 0 Å². The molecule has 1 aliphatic rings. The van der Waals surface area contributed by atoms with Crippen LogP contribution in [0.3, 0.4) is 0 Å². The fourth-order valence-electron chi connectivity index (χ4n) is 2.81. The Morgan fingerprint density at radius 2 is 1.89 bits per heavy atom. The summed E-state index contributed by atoms with van der Waals surface area (Å²) in [5.41, 5.74) is 6.31. The average Bonchev–Trinajstić information content (AvgIpc) is 3.06. The van der Waals surface area contributed by atoms with Crippen LogP contribution in [0.2, 0.25) is 10.0 Å². The first kappa shape index (κ1) is 20.0. The molecule has 9 heteroatoms. The molecule has 0 spiro atoms. The molecule has 1 atom stereocenters. The molecule has 1 saturated heterocycles. The molecule has 1 aliphatic heterocycles. The molecular weight excluding hydrogens is 405 g/mol. The highest BCUT2D eigenvalue weighted by atomic mass is 35.5. The summed E-state index contributed by atoms with van der Waals surface area (Å²) in [5, 5.41) is 3.22. The van der Waals surface area contributed by atoms with Crippen molar-refractivity contribution in [3.8, 4) is 5.75 Å². The van der Waals surface area contributed by atoms with Gasteiger partial charge >= 0.3 is 0 Å². The van der Waals surface area contributed by atoms with E-state index in [4.69, 9.17) is 33.7 Å². The van der Waals surface area contributed by atoms with Crippen LogP contribution in [0.15, 0.2) is 42.5 Å². The quantitative estimate of drug-likeness (QED) is 0.748. The maximum atomic E-state index is 12.0. The highest BCUT2D eigenvalue weighted by Crippen LogP contribution is 2.29. The minimum atomic E-state index is -0.485. The number of hydrogen-bond acceptors (Lipinski definition) is 4. The van der Waals surface area contributed by atoms with Gasteiger partial charge in [0.05, 0.1) is 21.7 Å². The second-order valence-corrected chi connectivity index (χ2v) is 7.03. The largest absolute Gasteiger partial charge is 0.484 e. The SMILES string of the molecule is NC(=O)C1CC(=O)N(c2ccc(OCC(=O)Nc3cccc(Cl)c3Cl)cc2)C1. The summed E-state index contributed by atoms with van der Waals surface area (Å²) in [4.78, 5) is 36.8. The third-order valence-corrected chi connectivity index (χ3v) is 5.09. The fraction of sp³-hybridized carbons (Fsp3) is 0.211. The summed E-state index contributed by atoms with van der Waals surface area (Å²) in [6, 6.07) is 11.6. The van der Waals surface area contributed by atoms with E-state index in [-0.39, 0.29) is 30.5 Å². The molecule has 3 amide bonds. The van der Waals surface area contributed by atoms with Crippen molar-refractivity contribution in [2.75, 3.05) is 23.4 Å². The molecule has 2 aromatic carbocycles. The van der Waals surface area contributed by atoms with Gasteiger partial charge in [-0.25, -0.2) is 0 Å². The van der Waals surface area contributed by atoms with E-state index in [2.05, 4.69) is 5.32 Å². The number of hydrogen-bond donors (Lipinski definition) is 2. The first-order valence-corrected chi connectivity index (χ1v) is 9.17. The molecule has 2 aromatic rings. The van der Waals surface area contributed by atoms with Crippen molar-refractivity contribution in [2.45, 2.75) is 6.42 Å². The first-order valence-electron chi connectivity index (χ1n) is 8.41. The van der Waals surface area contributed by atoms with E-state index >= 15 is 0 Å². The van der Waals surface area contributed by atoms with E-state index < -0.39 is 17.7 Å². The summed E-state index contributed by atoms with van der Waals surface area (Å²) < 4.78 is 5.45. The molecule has 28 heavy (non-hydrogen) atoms. The number of carbonyl (C=O) groups excluding carboxylic acids is 3. The molecule has 3 rings (SSSR count). The maximum absolute atomic E-state index is 12.0. The van der Waals surface area contributed by atoms with Gasteiger partial charge in [0.2, 0.25) is 11.8 Å². The van der Waals surface area contributed by atoms with Crippen molar-refractivity contribution >= 4 is 52.3 Å². The molecule has 1 heterocycles. The number of benzene rings is 2. The van der Waals surface area contributed by atoms with Crippen molar-refractivity contribution in [2.24, 2.45) is 11.7 Å². The van der Waals surface area contributed by atoms with Gasteiger partial charge in [-0.05, 0) is 36.4 Å². The smallest absolute Gasteiger partial charge is 0.262 e. The van der Waals surface area contributed by atoms with E-state index in [0.717, 1.165) is 0 Å². The average molecular weight is 422 g/mol. The van der Waals surface area contributed by atoms with Gasteiger partial charge in [0, 0.05) is 18.7 Å². The number of carbonyl (C=O) groups is 3. The van der Waals surface area contributed by atoms with Gasteiger partial charge in [0.1, 0.15) is 5.75 Å². The Hall–Kier alpha value is -2.77. The van der Waals surface area contributed by atoms with E-state index in [9.17, 15) is 14.4 Å². The maximum Gasteiger partial charge on any atom is 0.262 e. The third kappa shape index (κ3) is 4.55. The number of amides is 3. The molecule has 0 aliphatic carbocycles. The second kappa shape index (κ2) is 8.50. The van der Waals surface area contributed by atoms with Crippen molar-refractivity contribution in [3.05, 3.63) is 52.5 Å². The lowest BCUT2D eigenvalue weighted by Gasteiger charge is -2.16. The zero-order chi connectivity index (χ0) is 20.3. The molecule has 1 unspecified atom stereocenters. The molecule has 1 fully saturated rings. The Kier molecular flexibility index (Phi) is 6.06. The Labute approximate surface area is 171 Å². The summed E-state index contributed by atoms with van der Waals surface area (Å²) >= 11 is 11.9. The number of nitrogens with two attached hydrogens (primary N) is 1. The lowest BCUT2D eigenvalue weighted by atomic mass is 10.1. The highest BCUT2D eigenvalue weighted by Gasteiger charge is 2.33. The minimum Gasteiger partial charge on any atom is -0.484 e. The van der Waals surface area contributed by atoms with Crippen molar-refractivity contribution in [1.82, 2.24) is 0 Å². The third-order valence-electron chi connectivity index (χ3n) is 4.27. The van der Waals surface area contributed by atoms with Crippen molar-refractivity contribution in [1.29, 1.82) is 0 Å². The van der Waals surface area contributed by atoms with Crippen LogP contribution in [0, 0.1) is 5.92 Å². The van der Waals surface area contributed by atoms with E-state index in [1.807, 2.05) is 0 Å². The first-order chi connectivity index (χ1) is 13.3. The fourth-order valence-corrected chi connectivity index (χ4v) is 3.15. The number of rotatable bonds is 6.